The summed E-state index contributed by atoms with van der Waals surface area (Å²) in [4.78, 5) is 4.84. The van der Waals surface area contributed by atoms with Gasteiger partial charge in [-0.1, -0.05) is 35.5 Å². The fourth-order valence-electron chi connectivity index (χ4n) is 4.55. The number of nitrogens with one attached hydrogen (secondary N) is 2. The molecule has 1 unspecified atom stereocenters. The molecule has 0 bridgehead atoms. The van der Waals surface area contributed by atoms with Gasteiger partial charge in [-0.3, -0.25) is 4.68 Å². The first-order valence-electron chi connectivity index (χ1n) is 13.0. The van der Waals surface area contributed by atoms with Crippen LogP contribution in [0.25, 0.3) is 22.0 Å². The van der Waals surface area contributed by atoms with Gasteiger partial charge in [-0.05, 0) is 75.4 Å². The number of rotatable bonds is 9. The summed E-state index contributed by atoms with van der Waals surface area (Å²) < 4.78 is 72.7. The summed E-state index contributed by atoms with van der Waals surface area (Å²) in [6, 6.07) is 9.32. The van der Waals surface area contributed by atoms with Crippen LogP contribution in [0, 0.1) is 23.5 Å². The number of alkyl halides is 3. The summed E-state index contributed by atoms with van der Waals surface area (Å²) in [6.07, 6.45) is -0.758. The van der Waals surface area contributed by atoms with Crippen LogP contribution in [0.1, 0.15) is 36.8 Å². The van der Waals surface area contributed by atoms with Gasteiger partial charge in [0.05, 0.1) is 32.4 Å². The van der Waals surface area contributed by atoms with Crippen molar-refractivity contribution in [3.63, 3.8) is 0 Å². The number of nitrogens with zero attached hydrogens (tertiary/aromatic N) is 3. The van der Waals surface area contributed by atoms with Crippen LogP contribution in [0.15, 0.2) is 42.5 Å². The van der Waals surface area contributed by atoms with Gasteiger partial charge in [0, 0.05) is 23.4 Å². The van der Waals surface area contributed by atoms with Gasteiger partial charge in [0.15, 0.2) is 5.82 Å². The number of aromatic nitrogens is 3. The Labute approximate surface area is 260 Å². The Balaban J connectivity index is 1.99. The zero-order chi connectivity index (χ0) is 31.5. The molecule has 4 rings (SSSR count). The minimum atomic E-state index is -4.56. The molecule has 43 heavy (non-hydrogen) atoms. The number of benzene rings is 2. The van der Waals surface area contributed by atoms with E-state index in [1.807, 2.05) is 20.1 Å². The van der Waals surface area contributed by atoms with E-state index < -0.39 is 30.4 Å². The molecular formula is C30H29ClF5N5S2. The normalized spacial score (nSPS) is 12.7. The SMILES string of the molecule is CNC(Cc1cc(F)cc(F)c1)c1nc(C#CC(C)(C)SC)ccc1-c1ccc(Cl)c2c(NSC)nn(CC(F)(F)F)c12. The highest BCUT2D eigenvalue weighted by atomic mass is 35.5. The minimum absolute atomic E-state index is 0.135. The van der Waals surface area contributed by atoms with Crippen molar-refractivity contribution in [3.05, 3.63) is 76.1 Å². The number of likely N-dealkylation sites (N-methyl/N-ethyl adjacent to an activating group) is 1. The first-order chi connectivity index (χ1) is 20.2. The second-order valence-electron chi connectivity index (χ2n) is 10.2. The van der Waals surface area contributed by atoms with Gasteiger partial charge >= 0.3 is 6.18 Å². The van der Waals surface area contributed by atoms with Crippen molar-refractivity contribution >= 4 is 52.0 Å². The number of thioether (sulfide) groups is 1. The van der Waals surface area contributed by atoms with E-state index in [0.717, 1.165) is 10.7 Å². The van der Waals surface area contributed by atoms with Crippen molar-refractivity contribution in [1.29, 1.82) is 0 Å². The maximum Gasteiger partial charge on any atom is 0.408 e. The van der Waals surface area contributed by atoms with Crippen LogP contribution < -0.4 is 10.0 Å². The lowest BCUT2D eigenvalue weighted by Gasteiger charge is -2.21. The Morgan fingerprint density at radius 1 is 1.02 bits per heavy atom. The molecule has 0 aliphatic heterocycles. The molecule has 0 amide bonds. The molecule has 2 heterocycles. The molecule has 228 valence electrons. The molecule has 0 saturated carbocycles. The lowest BCUT2D eigenvalue weighted by molar-refractivity contribution is -0.141. The molecule has 0 aliphatic rings. The quantitative estimate of drug-likeness (QED) is 0.108. The van der Waals surface area contributed by atoms with Crippen LogP contribution in [-0.2, 0) is 13.0 Å². The summed E-state index contributed by atoms with van der Waals surface area (Å²) in [5.41, 5.74) is 2.31. The third kappa shape index (κ3) is 7.95. The molecule has 0 spiro atoms. The standard InChI is InChI=1S/C30H29ClF5N5S2/c1-29(2,42-4)11-10-20-6-7-21(26(38-20)24(37-3)14-17-12-18(32)15-19(33)13-17)22-8-9-23(31)25-27(22)41(16-30(34,35)36)39-28(25)40-43-5/h6-9,12-13,15,24,37H,14,16H2,1-5H3,(H,39,40). The summed E-state index contributed by atoms with van der Waals surface area (Å²) in [5.74, 6) is 5.03. The maximum atomic E-state index is 14.1. The van der Waals surface area contributed by atoms with Crippen molar-refractivity contribution < 1.29 is 22.0 Å². The van der Waals surface area contributed by atoms with Crippen molar-refractivity contribution in [2.75, 3.05) is 24.3 Å². The molecular weight excluding hydrogens is 625 g/mol. The first kappa shape index (κ1) is 32.9. The largest absolute Gasteiger partial charge is 0.408 e. The van der Waals surface area contributed by atoms with Crippen LogP contribution in [-0.4, -0.2) is 45.2 Å². The fourth-order valence-corrected chi connectivity index (χ4v) is 5.29. The minimum Gasteiger partial charge on any atom is -0.313 e. The Morgan fingerprint density at radius 3 is 2.30 bits per heavy atom. The molecule has 4 aromatic rings. The lowest BCUT2D eigenvalue weighted by atomic mass is 9.94. The summed E-state index contributed by atoms with van der Waals surface area (Å²) in [5, 5.41) is 7.92. The summed E-state index contributed by atoms with van der Waals surface area (Å²) >= 11 is 9.27. The average Bonchev–Trinajstić information content (AvgIpc) is 3.27. The van der Waals surface area contributed by atoms with Gasteiger partial charge in [0.1, 0.15) is 23.9 Å². The lowest BCUT2D eigenvalue weighted by Crippen LogP contribution is -2.22. The van der Waals surface area contributed by atoms with E-state index in [1.165, 1.54) is 24.1 Å². The van der Waals surface area contributed by atoms with E-state index >= 15 is 0 Å². The van der Waals surface area contributed by atoms with Gasteiger partial charge in [-0.2, -0.15) is 18.3 Å². The van der Waals surface area contributed by atoms with Gasteiger partial charge in [0.25, 0.3) is 0 Å². The van der Waals surface area contributed by atoms with Crippen LogP contribution in [0.3, 0.4) is 0 Å². The third-order valence-electron chi connectivity index (χ3n) is 6.63. The second-order valence-corrected chi connectivity index (χ2v) is 12.6. The monoisotopic (exact) mass is 653 g/mol. The van der Waals surface area contributed by atoms with E-state index in [2.05, 4.69) is 27.0 Å². The number of pyridine rings is 1. The number of hydrogen-bond donors (Lipinski definition) is 2. The smallest absolute Gasteiger partial charge is 0.313 e. The Morgan fingerprint density at radius 2 is 1.70 bits per heavy atom. The average molecular weight is 654 g/mol. The van der Waals surface area contributed by atoms with E-state index in [1.54, 1.807) is 49.3 Å². The highest BCUT2D eigenvalue weighted by Gasteiger charge is 2.32. The van der Waals surface area contributed by atoms with Crippen LogP contribution in [0.2, 0.25) is 5.02 Å². The van der Waals surface area contributed by atoms with Crippen molar-refractivity contribution in [3.8, 4) is 23.0 Å². The van der Waals surface area contributed by atoms with E-state index in [9.17, 15) is 22.0 Å². The highest BCUT2D eigenvalue weighted by molar-refractivity contribution is 8.00. The third-order valence-corrected chi connectivity index (χ3v) is 8.46. The van der Waals surface area contributed by atoms with Gasteiger partial charge < -0.3 is 10.0 Å². The van der Waals surface area contributed by atoms with E-state index in [4.69, 9.17) is 16.6 Å². The van der Waals surface area contributed by atoms with E-state index in [-0.39, 0.29) is 27.5 Å². The van der Waals surface area contributed by atoms with Crippen LogP contribution in [0.5, 0.6) is 0 Å². The number of fused-ring (bicyclic) bond motifs is 1. The molecule has 5 nitrogen and oxygen atoms in total. The fraction of sp³-hybridized carbons (Fsp3) is 0.333. The van der Waals surface area contributed by atoms with E-state index in [0.29, 0.717) is 33.5 Å². The van der Waals surface area contributed by atoms with Crippen LogP contribution >= 0.6 is 35.3 Å². The van der Waals surface area contributed by atoms with Crippen molar-refractivity contribution in [1.82, 2.24) is 20.1 Å². The van der Waals surface area contributed by atoms with Gasteiger partial charge in [-0.15, -0.1) is 11.8 Å². The zero-order valence-corrected chi connectivity index (χ0v) is 26.3. The topological polar surface area (TPSA) is 54.8 Å². The molecule has 0 aliphatic carbocycles. The molecule has 0 fully saturated rings. The van der Waals surface area contributed by atoms with Crippen molar-refractivity contribution in [2.45, 2.75) is 43.8 Å². The molecule has 0 saturated heterocycles. The second kappa shape index (κ2) is 13.3. The number of halogens is 6. The maximum absolute atomic E-state index is 14.1. The van der Waals surface area contributed by atoms with Gasteiger partial charge in [-0.25, -0.2) is 13.8 Å². The van der Waals surface area contributed by atoms with Crippen molar-refractivity contribution in [2.24, 2.45) is 0 Å². The van der Waals surface area contributed by atoms with Crippen LogP contribution in [0.4, 0.5) is 27.8 Å². The zero-order valence-electron chi connectivity index (χ0n) is 24.0. The molecule has 13 heteroatoms. The number of hydrogen-bond acceptors (Lipinski definition) is 6. The Kier molecular flexibility index (Phi) is 10.2. The predicted molar refractivity (Wildman–Crippen MR) is 168 cm³/mol. The molecule has 0 radical (unpaired) electrons. The summed E-state index contributed by atoms with van der Waals surface area (Å²) in [7, 11) is 1.67. The predicted octanol–water partition coefficient (Wildman–Crippen LogP) is 8.28. The Hall–Kier alpha value is -2.98. The first-order valence-corrected chi connectivity index (χ1v) is 15.8. The Bertz CT molecular complexity index is 1670. The molecule has 2 N–H and O–H groups in total. The molecule has 1 atom stereocenters. The van der Waals surface area contributed by atoms with Gasteiger partial charge in [0.2, 0.25) is 0 Å². The molecule has 2 aromatic carbocycles. The number of anilines is 1. The highest BCUT2D eigenvalue weighted by Crippen LogP contribution is 2.41. The molecule has 2 aromatic heterocycles. The summed E-state index contributed by atoms with van der Waals surface area (Å²) in [6.45, 7) is 2.60.